The summed E-state index contributed by atoms with van der Waals surface area (Å²) in [5, 5.41) is 15.2. The van der Waals surface area contributed by atoms with Crippen LogP contribution < -0.4 is 10.6 Å². The largest absolute Gasteiger partial charge is 0.388 e. The van der Waals surface area contributed by atoms with Crippen LogP contribution in [0.5, 0.6) is 0 Å². The second kappa shape index (κ2) is 8.62. The molecule has 2 amide bonds. The van der Waals surface area contributed by atoms with E-state index in [-0.39, 0.29) is 12.2 Å². The zero-order chi connectivity index (χ0) is 17.5. The molecule has 0 unspecified atom stereocenters. The number of benzene rings is 1. The topological polar surface area (TPSA) is 78.4 Å². The molecule has 0 aliphatic carbocycles. The lowest BCUT2D eigenvalue weighted by molar-refractivity contribution is -0.137. The molecule has 6 heteroatoms. The van der Waals surface area contributed by atoms with Crippen LogP contribution in [0.15, 0.2) is 18.2 Å². The maximum atomic E-state index is 13.3. The van der Waals surface area contributed by atoms with Crippen LogP contribution in [-0.2, 0) is 9.59 Å². The summed E-state index contributed by atoms with van der Waals surface area (Å²) in [6.45, 7) is 5.60. The van der Waals surface area contributed by atoms with E-state index in [0.29, 0.717) is 18.4 Å². The van der Waals surface area contributed by atoms with E-state index in [9.17, 15) is 19.1 Å². The Hall–Kier alpha value is -1.95. The Morgan fingerprint density at radius 3 is 2.26 bits per heavy atom. The third-order valence-electron chi connectivity index (χ3n) is 3.51. The summed E-state index contributed by atoms with van der Waals surface area (Å²) >= 11 is 0. The van der Waals surface area contributed by atoms with Crippen molar-refractivity contribution in [2.24, 2.45) is 0 Å². The van der Waals surface area contributed by atoms with Gasteiger partial charge in [0.1, 0.15) is 5.82 Å². The monoisotopic (exact) mass is 324 g/mol. The van der Waals surface area contributed by atoms with Crippen LogP contribution in [0.2, 0.25) is 0 Å². The Labute approximate surface area is 136 Å². The van der Waals surface area contributed by atoms with Crippen LogP contribution in [0.3, 0.4) is 0 Å². The van der Waals surface area contributed by atoms with Crippen molar-refractivity contribution in [1.82, 2.24) is 5.32 Å². The van der Waals surface area contributed by atoms with Gasteiger partial charge in [-0.05, 0) is 43.5 Å². The standard InChI is InChI=1S/C17H25FN2O3/c1-4-6-17(23,7-5-2)11-19-15(21)16(22)20-14-9-12(3)8-13(18)10-14/h8-10,23H,4-7,11H2,1-3H3,(H,19,21)(H,20,22). The molecule has 5 nitrogen and oxygen atoms in total. The highest BCUT2D eigenvalue weighted by atomic mass is 19.1. The van der Waals surface area contributed by atoms with Crippen molar-refractivity contribution in [3.05, 3.63) is 29.6 Å². The average Bonchev–Trinajstić information content (AvgIpc) is 2.44. The number of hydrogen-bond acceptors (Lipinski definition) is 3. The zero-order valence-corrected chi connectivity index (χ0v) is 13.9. The molecule has 0 spiro atoms. The molecular formula is C17H25FN2O3. The van der Waals surface area contributed by atoms with Gasteiger partial charge in [0.05, 0.1) is 5.60 Å². The summed E-state index contributed by atoms with van der Waals surface area (Å²) < 4.78 is 13.3. The Bertz CT molecular complexity index is 535. The predicted octanol–water partition coefficient (Wildman–Crippen LogP) is 2.52. The molecule has 3 N–H and O–H groups in total. The number of nitrogens with one attached hydrogen (secondary N) is 2. The van der Waals surface area contributed by atoms with Gasteiger partial charge >= 0.3 is 11.8 Å². The lowest BCUT2D eigenvalue weighted by Crippen LogP contribution is -2.46. The van der Waals surface area contributed by atoms with Crippen LogP contribution in [0.1, 0.15) is 45.1 Å². The van der Waals surface area contributed by atoms with E-state index in [4.69, 9.17) is 0 Å². The van der Waals surface area contributed by atoms with Crippen molar-refractivity contribution in [1.29, 1.82) is 0 Å². The smallest absolute Gasteiger partial charge is 0.313 e. The molecule has 0 bridgehead atoms. The molecule has 0 atom stereocenters. The summed E-state index contributed by atoms with van der Waals surface area (Å²) in [7, 11) is 0. The Balaban J connectivity index is 2.61. The Morgan fingerprint density at radius 2 is 1.74 bits per heavy atom. The van der Waals surface area contributed by atoms with Crippen LogP contribution in [0, 0.1) is 12.7 Å². The highest BCUT2D eigenvalue weighted by Gasteiger charge is 2.26. The minimum atomic E-state index is -1.01. The third kappa shape index (κ3) is 6.36. The van der Waals surface area contributed by atoms with E-state index in [1.54, 1.807) is 13.0 Å². The quantitative estimate of drug-likeness (QED) is 0.674. The maximum absolute atomic E-state index is 13.3. The first-order chi connectivity index (χ1) is 10.8. The van der Waals surface area contributed by atoms with E-state index in [1.165, 1.54) is 6.07 Å². The normalized spacial score (nSPS) is 11.2. The van der Waals surface area contributed by atoms with Crippen LogP contribution >= 0.6 is 0 Å². The first kappa shape index (κ1) is 19.1. The molecule has 0 heterocycles. The highest BCUT2D eigenvalue weighted by molar-refractivity contribution is 6.39. The highest BCUT2D eigenvalue weighted by Crippen LogP contribution is 2.18. The molecule has 1 aromatic rings. The second-order valence-corrected chi connectivity index (χ2v) is 5.88. The maximum Gasteiger partial charge on any atom is 0.313 e. The van der Waals surface area contributed by atoms with Crippen molar-refractivity contribution in [2.75, 3.05) is 11.9 Å². The first-order valence-corrected chi connectivity index (χ1v) is 7.88. The number of hydrogen-bond donors (Lipinski definition) is 3. The van der Waals surface area contributed by atoms with Crippen LogP contribution in [-0.4, -0.2) is 29.1 Å². The SMILES string of the molecule is CCCC(O)(CCC)CNC(=O)C(=O)Nc1cc(C)cc(F)c1. The summed E-state index contributed by atoms with van der Waals surface area (Å²) in [6, 6.07) is 4.03. The fourth-order valence-electron chi connectivity index (χ4n) is 2.55. The summed E-state index contributed by atoms with van der Waals surface area (Å²) in [5.41, 5.74) is -0.143. The van der Waals surface area contributed by atoms with E-state index in [1.807, 2.05) is 13.8 Å². The predicted molar refractivity (Wildman–Crippen MR) is 87.5 cm³/mol. The lowest BCUT2D eigenvalue weighted by Gasteiger charge is -2.27. The van der Waals surface area contributed by atoms with Gasteiger partial charge in [0.25, 0.3) is 0 Å². The molecule has 0 saturated heterocycles. The molecule has 0 aliphatic heterocycles. The van der Waals surface area contributed by atoms with Crippen molar-refractivity contribution in [3.8, 4) is 0 Å². The Morgan fingerprint density at radius 1 is 1.13 bits per heavy atom. The summed E-state index contributed by atoms with van der Waals surface area (Å²) in [4.78, 5) is 23.7. The molecule has 1 rings (SSSR count). The fraction of sp³-hybridized carbons (Fsp3) is 0.529. The van der Waals surface area contributed by atoms with E-state index < -0.39 is 23.2 Å². The van der Waals surface area contributed by atoms with Crippen molar-refractivity contribution < 1.29 is 19.1 Å². The number of halogens is 1. The van der Waals surface area contributed by atoms with Gasteiger partial charge in [0.2, 0.25) is 0 Å². The fourth-order valence-corrected chi connectivity index (χ4v) is 2.55. The van der Waals surface area contributed by atoms with Gasteiger partial charge in [-0.1, -0.05) is 26.7 Å². The minimum Gasteiger partial charge on any atom is -0.388 e. The molecule has 0 saturated carbocycles. The van der Waals surface area contributed by atoms with Crippen molar-refractivity contribution in [2.45, 2.75) is 52.1 Å². The van der Waals surface area contributed by atoms with E-state index >= 15 is 0 Å². The number of rotatable bonds is 7. The number of aliphatic hydroxyl groups is 1. The zero-order valence-electron chi connectivity index (χ0n) is 13.9. The summed E-state index contributed by atoms with van der Waals surface area (Å²) in [6.07, 6.45) is 2.65. The van der Waals surface area contributed by atoms with Gasteiger partial charge in [-0.2, -0.15) is 0 Å². The first-order valence-electron chi connectivity index (χ1n) is 7.88. The number of amides is 2. The van der Waals surface area contributed by atoms with Crippen molar-refractivity contribution >= 4 is 17.5 Å². The van der Waals surface area contributed by atoms with E-state index in [2.05, 4.69) is 10.6 Å². The van der Waals surface area contributed by atoms with Crippen LogP contribution in [0.25, 0.3) is 0 Å². The average molecular weight is 324 g/mol. The van der Waals surface area contributed by atoms with Gasteiger partial charge in [0, 0.05) is 12.2 Å². The molecule has 128 valence electrons. The molecule has 0 aliphatic rings. The van der Waals surface area contributed by atoms with E-state index in [0.717, 1.165) is 18.9 Å². The van der Waals surface area contributed by atoms with Gasteiger partial charge in [-0.25, -0.2) is 4.39 Å². The van der Waals surface area contributed by atoms with Gasteiger partial charge < -0.3 is 15.7 Å². The van der Waals surface area contributed by atoms with Gasteiger partial charge in [-0.3, -0.25) is 9.59 Å². The molecule has 0 radical (unpaired) electrons. The number of carbonyl (C=O) groups excluding carboxylic acids is 2. The third-order valence-corrected chi connectivity index (χ3v) is 3.51. The van der Waals surface area contributed by atoms with Gasteiger partial charge in [0.15, 0.2) is 0 Å². The molecular weight excluding hydrogens is 299 g/mol. The molecule has 0 aromatic heterocycles. The number of anilines is 1. The second-order valence-electron chi connectivity index (χ2n) is 5.88. The Kier molecular flexibility index (Phi) is 7.16. The van der Waals surface area contributed by atoms with Crippen molar-refractivity contribution in [3.63, 3.8) is 0 Å². The van der Waals surface area contributed by atoms with Gasteiger partial charge in [-0.15, -0.1) is 0 Å². The number of carbonyl (C=O) groups is 2. The van der Waals surface area contributed by atoms with Crippen LogP contribution in [0.4, 0.5) is 10.1 Å². The molecule has 23 heavy (non-hydrogen) atoms. The molecule has 1 aromatic carbocycles. The summed E-state index contributed by atoms with van der Waals surface area (Å²) in [5.74, 6) is -2.22. The number of aryl methyl sites for hydroxylation is 1. The molecule has 0 fully saturated rings. The minimum absolute atomic E-state index is 0.0170. The lowest BCUT2D eigenvalue weighted by atomic mass is 9.92.